The van der Waals surface area contributed by atoms with Gasteiger partial charge in [-0.3, -0.25) is 4.79 Å². The van der Waals surface area contributed by atoms with Crippen LogP contribution in [0, 0.1) is 0 Å². The highest BCUT2D eigenvalue weighted by Crippen LogP contribution is 2.25. The number of ether oxygens (including phenoxy) is 3. The number of hydrogen-bond donors (Lipinski definition) is 1. The molecule has 0 radical (unpaired) electrons. The molecule has 2 aromatic heterocycles. The lowest BCUT2D eigenvalue weighted by Gasteiger charge is -2.09. The van der Waals surface area contributed by atoms with E-state index in [4.69, 9.17) is 14.2 Å². The number of unbranched alkanes of at least 4 members (excludes halogenated alkanes) is 1. The molecule has 198 valence electrons. The molecule has 0 atom stereocenters. The molecule has 0 fully saturated rings. The average molecular weight is 516 g/mol. The number of nitrogens with one attached hydrogen (secondary N) is 1. The van der Waals surface area contributed by atoms with Crippen molar-refractivity contribution >= 4 is 22.9 Å². The van der Waals surface area contributed by atoms with Gasteiger partial charge in [-0.1, -0.05) is 24.3 Å². The summed E-state index contributed by atoms with van der Waals surface area (Å²) in [5.74, 6) is 1.17. The zero-order chi connectivity index (χ0) is 26.9. The summed E-state index contributed by atoms with van der Waals surface area (Å²) in [6.07, 6.45) is 6.25. The number of pyridine rings is 1. The van der Waals surface area contributed by atoms with Gasteiger partial charge in [0.2, 0.25) is 5.91 Å². The van der Waals surface area contributed by atoms with Gasteiger partial charge in [-0.15, -0.1) is 0 Å². The molecule has 38 heavy (non-hydrogen) atoms. The van der Waals surface area contributed by atoms with Gasteiger partial charge in [0.25, 0.3) is 0 Å². The minimum atomic E-state index is -0.344. The topological polar surface area (TPSA) is 91.7 Å². The molecule has 0 saturated heterocycles. The van der Waals surface area contributed by atoms with Crippen molar-refractivity contribution in [3.8, 4) is 22.6 Å². The standard InChI is InChI=1S/C30H33N3O5/c1-21(34)31-15-14-25-20-33(2)29-28(25)18-27(19-32-29)38-17-5-4-16-37-26-12-10-23(11-13-26)22-6-8-24(9-7-22)30(35)36-3/h6-13,18-20H,4-5,14-17H2,1-3H3,(H,31,34). The van der Waals surface area contributed by atoms with Gasteiger partial charge in [-0.05, 0) is 66.3 Å². The van der Waals surface area contributed by atoms with E-state index in [2.05, 4.69) is 10.3 Å². The maximum atomic E-state index is 11.6. The second-order valence-electron chi connectivity index (χ2n) is 9.04. The van der Waals surface area contributed by atoms with Crippen LogP contribution in [0.1, 0.15) is 35.7 Å². The molecule has 1 N–H and O–H groups in total. The second-order valence-corrected chi connectivity index (χ2v) is 9.04. The maximum absolute atomic E-state index is 11.6. The van der Waals surface area contributed by atoms with Gasteiger partial charge >= 0.3 is 5.97 Å². The fourth-order valence-corrected chi connectivity index (χ4v) is 4.22. The molecule has 0 aliphatic rings. The molecule has 0 aliphatic heterocycles. The Labute approximate surface area is 222 Å². The number of fused-ring (bicyclic) bond motifs is 1. The lowest BCUT2D eigenvalue weighted by Crippen LogP contribution is -2.22. The Hall–Kier alpha value is -4.33. The van der Waals surface area contributed by atoms with Gasteiger partial charge in [0.15, 0.2) is 0 Å². The van der Waals surface area contributed by atoms with Gasteiger partial charge in [0.1, 0.15) is 17.1 Å². The largest absolute Gasteiger partial charge is 0.494 e. The highest BCUT2D eigenvalue weighted by molar-refractivity contribution is 5.90. The van der Waals surface area contributed by atoms with E-state index in [0.717, 1.165) is 58.5 Å². The Morgan fingerprint density at radius 3 is 2.18 bits per heavy atom. The SMILES string of the molecule is COC(=O)c1ccc(-c2ccc(OCCCCOc3cnc4c(c3)c(CCNC(C)=O)cn4C)cc2)cc1. The van der Waals surface area contributed by atoms with E-state index in [1.165, 1.54) is 14.0 Å². The summed E-state index contributed by atoms with van der Waals surface area (Å²) in [6.45, 7) is 3.28. The van der Waals surface area contributed by atoms with Crippen LogP contribution in [0.25, 0.3) is 22.2 Å². The van der Waals surface area contributed by atoms with Gasteiger partial charge in [-0.25, -0.2) is 9.78 Å². The molecule has 0 spiro atoms. The Morgan fingerprint density at radius 2 is 1.55 bits per heavy atom. The molecule has 4 aromatic rings. The van der Waals surface area contributed by atoms with Crippen molar-refractivity contribution in [3.63, 3.8) is 0 Å². The van der Waals surface area contributed by atoms with Crippen LogP contribution in [-0.2, 0) is 23.0 Å². The zero-order valence-corrected chi connectivity index (χ0v) is 22.0. The van der Waals surface area contributed by atoms with E-state index in [9.17, 15) is 9.59 Å². The first-order valence-electron chi connectivity index (χ1n) is 12.7. The van der Waals surface area contributed by atoms with E-state index in [1.54, 1.807) is 18.3 Å². The van der Waals surface area contributed by atoms with Crippen LogP contribution in [-0.4, -0.2) is 48.3 Å². The number of methoxy groups -OCH3 is 1. The lowest BCUT2D eigenvalue weighted by atomic mass is 10.0. The van der Waals surface area contributed by atoms with Crippen LogP contribution in [0.3, 0.4) is 0 Å². The first-order chi connectivity index (χ1) is 18.4. The predicted octanol–water partition coefficient (Wildman–Crippen LogP) is 4.94. The minimum Gasteiger partial charge on any atom is -0.494 e. The first-order valence-corrected chi connectivity index (χ1v) is 12.7. The molecule has 0 unspecified atom stereocenters. The van der Waals surface area contributed by atoms with Crippen LogP contribution >= 0.6 is 0 Å². The summed E-state index contributed by atoms with van der Waals surface area (Å²) in [4.78, 5) is 27.3. The van der Waals surface area contributed by atoms with Crippen LogP contribution in [0.4, 0.5) is 0 Å². The van der Waals surface area contributed by atoms with E-state index < -0.39 is 0 Å². The number of esters is 1. The number of amides is 1. The summed E-state index contributed by atoms with van der Waals surface area (Å²) < 4.78 is 18.6. The van der Waals surface area contributed by atoms with Gasteiger partial charge in [0.05, 0.1) is 32.1 Å². The molecule has 0 aliphatic carbocycles. The number of rotatable bonds is 12. The third kappa shape index (κ3) is 6.91. The van der Waals surface area contributed by atoms with Crippen molar-refractivity contribution in [2.75, 3.05) is 26.9 Å². The van der Waals surface area contributed by atoms with Gasteiger partial charge in [-0.2, -0.15) is 0 Å². The Bertz CT molecular complexity index is 1380. The molecule has 1 amide bonds. The molecular weight excluding hydrogens is 482 g/mol. The normalized spacial score (nSPS) is 10.8. The molecular formula is C30H33N3O5. The monoisotopic (exact) mass is 515 g/mol. The number of aryl methyl sites for hydroxylation is 1. The smallest absolute Gasteiger partial charge is 0.337 e. The molecule has 0 bridgehead atoms. The molecule has 4 rings (SSSR count). The Balaban J connectivity index is 1.21. The fraction of sp³-hybridized carbons (Fsp3) is 0.300. The fourth-order valence-electron chi connectivity index (χ4n) is 4.22. The zero-order valence-electron chi connectivity index (χ0n) is 22.0. The van der Waals surface area contributed by atoms with Gasteiger partial charge in [0, 0.05) is 32.1 Å². The lowest BCUT2D eigenvalue weighted by molar-refractivity contribution is -0.118. The van der Waals surface area contributed by atoms with Crippen LogP contribution < -0.4 is 14.8 Å². The van der Waals surface area contributed by atoms with E-state index in [-0.39, 0.29) is 11.9 Å². The van der Waals surface area contributed by atoms with E-state index in [0.29, 0.717) is 25.3 Å². The van der Waals surface area contributed by atoms with Crippen molar-refractivity contribution < 1.29 is 23.8 Å². The summed E-state index contributed by atoms with van der Waals surface area (Å²) in [5, 5.41) is 3.88. The number of nitrogens with zero attached hydrogens (tertiary/aromatic N) is 2. The van der Waals surface area contributed by atoms with Crippen molar-refractivity contribution in [1.82, 2.24) is 14.9 Å². The Morgan fingerprint density at radius 1 is 0.921 bits per heavy atom. The average Bonchev–Trinajstić information content (AvgIpc) is 3.24. The van der Waals surface area contributed by atoms with Crippen molar-refractivity contribution in [2.24, 2.45) is 7.05 Å². The summed E-state index contributed by atoms with van der Waals surface area (Å²) in [7, 11) is 3.34. The van der Waals surface area contributed by atoms with Crippen LogP contribution in [0.15, 0.2) is 67.0 Å². The summed E-state index contributed by atoms with van der Waals surface area (Å²) in [5.41, 5.74) is 4.62. The first kappa shape index (κ1) is 26.7. The maximum Gasteiger partial charge on any atom is 0.337 e. The molecule has 8 nitrogen and oxygen atoms in total. The predicted molar refractivity (Wildman–Crippen MR) is 147 cm³/mol. The van der Waals surface area contributed by atoms with Crippen molar-refractivity contribution in [1.29, 1.82) is 0 Å². The number of hydrogen-bond acceptors (Lipinski definition) is 6. The quantitative estimate of drug-likeness (QED) is 0.212. The number of benzene rings is 2. The molecule has 8 heteroatoms. The second kappa shape index (κ2) is 12.8. The third-order valence-corrected chi connectivity index (χ3v) is 6.21. The minimum absolute atomic E-state index is 0.0303. The number of carbonyl (C=O) groups excluding carboxylic acids is 2. The molecule has 0 saturated carbocycles. The van der Waals surface area contributed by atoms with Crippen molar-refractivity contribution in [3.05, 3.63) is 78.1 Å². The molecule has 2 heterocycles. The van der Waals surface area contributed by atoms with Crippen LogP contribution in [0.5, 0.6) is 11.5 Å². The summed E-state index contributed by atoms with van der Waals surface area (Å²) in [6, 6.07) is 17.2. The number of aromatic nitrogens is 2. The van der Waals surface area contributed by atoms with E-state index >= 15 is 0 Å². The molecule has 2 aromatic carbocycles. The number of carbonyl (C=O) groups is 2. The highest BCUT2D eigenvalue weighted by Gasteiger charge is 2.10. The van der Waals surface area contributed by atoms with Gasteiger partial charge < -0.3 is 24.1 Å². The third-order valence-electron chi connectivity index (χ3n) is 6.21. The Kier molecular flexibility index (Phi) is 8.98. The van der Waals surface area contributed by atoms with E-state index in [1.807, 2.05) is 60.3 Å². The summed E-state index contributed by atoms with van der Waals surface area (Å²) >= 11 is 0. The van der Waals surface area contributed by atoms with Crippen molar-refractivity contribution in [2.45, 2.75) is 26.2 Å². The van der Waals surface area contributed by atoms with Crippen LogP contribution in [0.2, 0.25) is 0 Å². The highest BCUT2D eigenvalue weighted by atomic mass is 16.5.